The molecule has 0 bridgehead atoms. The molecule has 0 saturated heterocycles. The van der Waals surface area contributed by atoms with Crippen LogP contribution in [0.1, 0.15) is 10.4 Å². The molecule has 1 amide bonds. The molecule has 0 aliphatic heterocycles. The van der Waals surface area contributed by atoms with Crippen LogP contribution in [0.15, 0.2) is 52.9 Å². The van der Waals surface area contributed by atoms with E-state index >= 15 is 0 Å². The zero-order valence-electron chi connectivity index (χ0n) is 13.8. The summed E-state index contributed by atoms with van der Waals surface area (Å²) in [7, 11) is -2.63. The maximum atomic E-state index is 12.5. The van der Waals surface area contributed by atoms with Crippen LogP contribution < -0.4 is 14.8 Å². The largest absolute Gasteiger partial charge is 0.495 e. The van der Waals surface area contributed by atoms with Gasteiger partial charge in [-0.05, 0) is 30.3 Å². The second kappa shape index (κ2) is 7.91. The van der Waals surface area contributed by atoms with Gasteiger partial charge in [0.15, 0.2) is 0 Å². The van der Waals surface area contributed by atoms with Crippen LogP contribution in [0.5, 0.6) is 5.75 Å². The van der Waals surface area contributed by atoms with Crippen LogP contribution >= 0.6 is 22.9 Å². The highest BCUT2D eigenvalue weighted by Gasteiger charge is 2.23. The lowest BCUT2D eigenvalue weighted by Crippen LogP contribution is -2.13. The topological polar surface area (TPSA) is 110 Å². The summed E-state index contributed by atoms with van der Waals surface area (Å²) in [4.78, 5) is 12.1. The van der Waals surface area contributed by atoms with E-state index in [1.165, 1.54) is 19.2 Å². The van der Waals surface area contributed by atoms with Crippen LogP contribution in [0.4, 0.5) is 10.8 Å². The first-order chi connectivity index (χ1) is 12.9. The van der Waals surface area contributed by atoms with Gasteiger partial charge in [0.25, 0.3) is 20.3 Å². The number of carbonyl (C=O) groups excluding carboxylic acids is 1. The zero-order valence-corrected chi connectivity index (χ0v) is 16.2. The zero-order chi connectivity index (χ0) is 19.4. The van der Waals surface area contributed by atoms with Crippen LogP contribution in [0.2, 0.25) is 5.02 Å². The maximum Gasteiger partial charge on any atom is 0.291 e. The third-order valence-electron chi connectivity index (χ3n) is 3.30. The highest BCUT2D eigenvalue weighted by molar-refractivity contribution is 7.94. The molecule has 1 heterocycles. The fourth-order valence-electron chi connectivity index (χ4n) is 2.08. The summed E-state index contributed by atoms with van der Waals surface area (Å²) in [6.07, 6.45) is 0. The number of nitrogens with one attached hydrogen (secondary N) is 2. The summed E-state index contributed by atoms with van der Waals surface area (Å²) < 4.78 is 32.2. The van der Waals surface area contributed by atoms with E-state index in [1.54, 1.807) is 36.4 Å². The van der Waals surface area contributed by atoms with E-state index in [1.807, 2.05) is 0 Å². The Morgan fingerprint density at radius 3 is 2.59 bits per heavy atom. The lowest BCUT2D eigenvalue weighted by atomic mass is 10.2. The Labute approximate surface area is 164 Å². The predicted molar refractivity (Wildman–Crippen MR) is 103 cm³/mol. The minimum atomic E-state index is -4.04. The third-order valence-corrected chi connectivity index (χ3v) is 6.11. The van der Waals surface area contributed by atoms with Gasteiger partial charge in [-0.2, -0.15) is 8.42 Å². The van der Waals surface area contributed by atoms with Crippen molar-refractivity contribution in [3.63, 3.8) is 0 Å². The first kappa shape index (κ1) is 19.1. The van der Waals surface area contributed by atoms with Crippen molar-refractivity contribution >= 4 is 49.7 Å². The van der Waals surface area contributed by atoms with E-state index < -0.39 is 15.9 Å². The number of hydrogen-bond acceptors (Lipinski definition) is 7. The van der Waals surface area contributed by atoms with Gasteiger partial charge >= 0.3 is 0 Å². The third kappa shape index (κ3) is 4.54. The molecule has 0 aliphatic carbocycles. The predicted octanol–water partition coefficient (Wildman–Crippen LogP) is 3.25. The van der Waals surface area contributed by atoms with Gasteiger partial charge in [0.1, 0.15) is 5.75 Å². The lowest BCUT2D eigenvalue weighted by Gasteiger charge is -2.10. The van der Waals surface area contributed by atoms with Crippen LogP contribution in [-0.2, 0) is 10.0 Å². The molecular weight excluding hydrogens is 412 g/mol. The van der Waals surface area contributed by atoms with Crippen LogP contribution in [0.3, 0.4) is 0 Å². The first-order valence-electron chi connectivity index (χ1n) is 7.45. The number of amides is 1. The molecule has 0 aliphatic rings. The molecule has 0 atom stereocenters. The van der Waals surface area contributed by atoms with Gasteiger partial charge in [-0.25, -0.2) is 0 Å². The van der Waals surface area contributed by atoms with Crippen molar-refractivity contribution in [2.24, 2.45) is 0 Å². The SMILES string of the molecule is COc1ccc(Cl)cc1NS(=O)(=O)c1nnc(NC(=O)c2ccccc2)s1. The Morgan fingerprint density at radius 2 is 1.89 bits per heavy atom. The van der Waals surface area contributed by atoms with Gasteiger partial charge in [0, 0.05) is 10.6 Å². The molecule has 0 spiro atoms. The molecular formula is C16H13ClN4O4S2. The van der Waals surface area contributed by atoms with Gasteiger partial charge in [-0.3, -0.25) is 14.8 Å². The minimum absolute atomic E-state index is 0.0577. The molecule has 140 valence electrons. The number of hydrogen-bond donors (Lipinski definition) is 2. The van der Waals surface area contributed by atoms with Gasteiger partial charge in [-0.15, -0.1) is 10.2 Å². The number of aromatic nitrogens is 2. The summed E-state index contributed by atoms with van der Waals surface area (Å²) in [5.41, 5.74) is 0.578. The molecule has 11 heteroatoms. The van der Waals surface area contributed by atoms with E-state index in [2.05, 4.69) is 20.2 Å². The summed E-state index contributed by atoms with van der Waals surface area (Å²) in [6, 6.07) is 13.0. The molecule has 3 rings (SSSR count). The van der Waals surface area contributed by atoms with Crippen molar-refractivity contribution in [2.75, 3.05) is 17.1 Å². The Bertz CT molecular complexity index is 1070. The van der Waals surface area contributed by atoms with E-state index in [9.17, 15) is 13.2 Å². The number of rotatable bonds is 6. The normalized spacial score (nSPS) is 11.0. The summed E-state index contributed by atoms with van der Waals surface area (Å²) >= 11 is 6.63. The van der Waals surface area contributed by atoms with Crippen LogP contribution in [0, 0.1) is 0 Å². The van der Waals surface area contributed by atoms with Crippen LogP contribution in [0.25, 0.3) is 0 Å². The number of benzene rings is 2. The minimum Gasteiger partial charge on any atom is -0.495 e. The van der Waals surface area contributed by atoms with Crippen molar-refractivity contribution in [2.45, 2.75) is 4.34 Å². The smallest absolute Gasteiger partial charge is 0.291 e. The fourth-order valence-corrected chi connectivity index (χ4v) is 4.21. The van der Waals surface area contributed by atoms with Gasteiger partial charge in [0.05, 0.1) is 12.8 Å². The summed E-state index contributed by atoms with van der Waals surface area (Å²) in [6.45, 7) is 0. The average Bonchev–Trinajstić information content (AvgIpc) is 3.12. The fraction of sp³-hybridized carbons (Fsp3) is 0.0625. The molecule has 0 unspecified atom stereocenters. The molecule has 2 N–H and O–H groups in total. The monoisotopic (exact) mass is 424 g/mol. The molecule has 8 nitrogen and oxygen atoms in total. The quantitative estimate of drug-likeness (QED) is 0.587. The molecule has 0 radical (unpaired) electrons. The second-order valence-corrected chi connectivity index (χ2v) is 8.41. The summed E-state index contributed by atoms with van der Waals surface area (Å²) in [5, 5.41) is 10.3. The highest BCUT2D eigenvalue weighted by atomic mass is 35.5. The molecule has 2 aromatic carbocycles. The Balaban J connectivity index is 1.79. The van der Waals surface area contributed by atoms with E-state index in [4.69, 9.17) is 16.3 Å². The average molecular weight is 425 g/mol. The van der Waals surface area contributed by atoms with E-state index in [0.717, 1.165) is 11.3 Å². The van der Waals surface area contributed by atoms with Gasteiger partial charge in [0.2, 0.25) is 5.13 Å². The lowest BCUT2D eigenvalue weighted by molar-refractivity contribution is 0.102. The number of ether oxygens (including phenoxy) is 1. The van der Waals surface area contributed by atoms with Crippen LogP contribution in [-0.4, -0.2) is 31.6 Å². The standard InChI is InChI=1S/C16H13ClN4O4S2/c1-25-13-8-7-11(17)9-12(13)21-27(23,24)16-20-19-15(26-16)18-14(22)10-5-3-2-4-6-10/h2-9,21H,1H3,(H,18,19,22). The first-order valence-corrected chi connectivity index (χ1v) is 10.1. The maximum absolute atomic E-state index is 12.5. The van der Waals surface area contributed by atoms with Gasteiger partial charge < -0.3 is 4.74 Å². The molecule has 27 heavy (non-hydrogen) atoms. The number of anilines is 2. The molecule has 0 fully saturated rings. The van der Waals surface area contributed by atoms with Crippen molar-refractivity contribution in [3.8, 4) is 5.75 Å². The molecule has 3 aromatic rings. The molecule has 0 saturated carbocycles. The number of carbonyl (C=O) groups is 1. The van der Waals surface area contributed by atoms with Crippen molar-refractivity contribution in [3.05, 3.63) is 59.1 Å². The van der Waals surface area contributed by atoms with E-state index in [-0.39, 0.29) is 15.2 Å². The second-order valence-electron chi connectivity index (χ2n) is 5.14. The molecule has 1 aromatic heterocycles. The Morgan fingerprint density at radius 1 is 1.15 bits per heavy atom. The number of halogens is 1. The van der Waals surface area contributed by atoms with Crippen molar-refractivity contribution in [1.82, 2.24) is 10.2 Å². The van der Waals surface area contributed by atoms with Crippen molar-refractivity contribution < 1.29 is 17.9 Å². The highest BCUT2D eigenvalue weighted by Crippen LogP contribution is 2.31. The number of methoxy groups -OCH3 is 1. The Kier molecular flexibility index (Phi) is 5.59. The van der Waals surface area contributed by atoms with Gasteiger partial charge in [-0.1, -0.05) is 41.1 Å². The number of nitrogens with zero attached hydrogens (tertiary/aromatic N) is 2. The summed E-state index contributed by atoms with van der Waals surface area (Å²) in [5.74, 6) is -0.120. The Hall–Kier alpha value is -2.69. The number of sulfonamides is 1. The van der Waals surface area contributed by atoms with E-state index in [0.29, 0.717) is 16.3 Å². The van der Waals surface area contributed by atoms with Crippen molar-refractivity contribution in [1.29, 1.82) is 0 Å².